The lowest BCUT2D eigenvalue weighted by atomic mass is 10.1. The lowest BCUT2D eigenvalue weighted by Gasteiger charge is -2.33. The number of rotatable bonds is 4. The van der Waals surface area contributed by atoms with Gasteiger partial charge in [-0.15, -0.1) is 5.10 Å². The summed E-state index contributed by atoms with van der Waals surface area (Å²) in [5, 5.41) is 12.3. The van der Waals surface area contributed by atoms with E-state index >= 15 is 0 Å². The van der Waals surface area contributed by atoms with Crippen LogP contribution in [0.1, 0.15) is 33.6 Å². The molecule has 0 spiro atoms. The molecule has 4 aromatic rings. The van der Waals surface area contributed by atoms with Crippen LogP contribution in [-0.4, -0.2) is 70.5 Å². The summed E-state index contributed by atoms with van der Waals surface area (Å²) in [7, 11) is 0. The molecule has 1 fully saturated rings. The predicted octanol–water partition coefficient (Wildman–Crippen LogP) is 3.17. The van der Waals surface area contributed by atoms with E-state index in [0.717, 1.165) is 16.6 Å². The van der Waals surface area contributed by atoms with Crippen molar-refractivity contribution in [3.8, 4) is 17.4 Å². The van der Waals surface area contributed by atoms with Crippen LogP contribution in [0, 0.1) is 0 Å². The molecule has 11 heteroatoms. The second-order valence-electron chi connectivity index (χ2n) is 9.18. The van der Waals surface area contributed by atoms with E-state index in [1.165, 1.54) is 6.33 Å². The van der Waals surface area contributed by atoms with Gasteiger partial charge in [0, 0.05) is 43.6 Å². The van der Waals surface area contributed by atoms with Crippen LogP contribution in [0.4, 0.5) is 4.79 Å². The van der Waals surface area contributed by atoms with Crippen molar-refractivity contribution in [1.29, 1.82) is 0 Å². The van der Waals surface area contributed by atoms with Gasteiger partial charge in [-0.3, -0.25) is 0 Å². The Balaban J connectivity index is 1.27. The highest BCUT2D eigenvalue weighted by atomic mass is 16.6. The zero-order valence-corrected chi connectivity index (χ0v) is 19.3. The van der Waals surface area contributed by atoms with Gasteiger partial charge in [0.2, 0.25) is 5.88 Å². The van der Waals surface area contributed by atoms with E-state index in [9.17, 15) is 4.79 Å². The third-order valence-electron chi connectivity index (χ3n) is 5.54. The molecule has 0 unspecified atom stereocenters. The monoisotopic (exact) mass is 462 g/mol. The molecule has 11 nitrogen and oxygen atoms in total. The topological polar surface area (TPSA) is 113 Å². The fraction of sp³-hybridized carbons (Fsp3) is 0.391. The lowest BCUT2D eigenvalue weighted by molar-refractivity contribution is 0.0123. The largest absolute Gasteiger partial charge is 0.474 e. The van der Waals surface area contributed by atoms with Crippen LogP contribution in [0.2, 0.25) is 0 Å². The number of hydrogen-bond acceptors (Lipinski definition) is 8. The Bertz CT molecular complexity index is 1290. The van der Waals surface area contributed by atoms with Crippen LogP contribution >= 0.6 is 0 Å². The predicted molar refractivity (Wildman–Crippen MR) is 123 cm³/mol. The average Bonchev–Trinajstić information content (AvgIpc) is 3.48. The molecular formula is C23H26N8O3. The molecule has 1 aliphatic rings. The summed E-state index contributed by atoms with van der Waals surface area (Å²) in [4.78, 5) is 22.7. The first-order chi connectivity index (χ1) is 16.4. The van der Waals surface area contributed by atoms with Crippen molar-refractivity contribution in [2.45, 2.75) is 45.3 Å². The van der Waals surface area contributed by atoms with Gasteiger partial charge >= 0.3 is 6.09 Å². The zero-order valence-electron chi connectivity index (χ0n) is 19.3. The second-order valence-corrected chi connectivity index (χ2v) is 9.18. The first-order valence-electron chi connectivity index (χ1n) is 11.2. The van der Waals surface area contributed by atoms with Crippen LogP contribution in [0.15, 0.2) is 49.2 Å². The number of hydrogen-bond donors (Lipinski definition) is 0. The summed E-state index contributed by atoms with van der Waals surface area (Å²) >= 11 is 0. The Morgan fingerprint density at radius 1 is 1.09 bits per heavy atom. The van der Waals surface area contributed by atoms with Crippen LogP contribution in [0.5, 0.6) is 5.88 Å². The Kier molecular flexibility index (Phi) is 5.60. The van der Waals surface area contributed by atoms with E-state index in [2.05, 4.69) is 25.5 Å². The zero-order chi connectivity index (χ0) is 23.7. The number of nitrogens with zero attached hydrogens (tertiary/aromatic N) is 8. The SMILES string of the molecule is CC(C)(C)OC(=O)N1CCC(Oc2cc(-n3ccc4cc(-n5cnnn5)ccc43)ncn2)CC1. The fourth-order valence-electron chi connectivity index (χ4n) is 3.93. The summed E-state index contributed by atoms with van der Waals surface area (Å²) in [6, 6.07) is 9.81. The van der Waals surface area contributed by atoms with Crippen molar-refractivity contribution in [2.75, 3.05) is 13.1 Å². The van der Waals surface area contributed by atoms with Gasteiger partial charge in [-0.25, -0.2) is 19.4 Å². The van der Waals surface area contributed by atoms with Crippen LogP contribution in [0.25, 0.3) is 22.4 Å². The number of carbonyl (C=O) groups excluding carboxylic acids is 1. The highest BCUT2D eigenvalue weighted by Gasteiger charge is 2.28. The molecule has 1 amide bonds. The summed E-state index contributed by atoms with van der Waals surface area (Å²) < 4.78 is 15.2. The number of carbonyl (C=O) groups is 1. The van der Waals surface area contributed by atoms with Crippen LogP contribution in [0.3, 0.4) is 0 Å². The highest BCUT2D eigenvalue weighted by molar-refractivity contribution is 5.83. The molecule has 1 aliphatic heterocycles. The smallest absolute Gasteiger partial charge is 0.410 e. The first-order valence-corrected chi connectivity index (χ1v) is 11.2. The Hall–Kier alpha value is -4.02. The minimum absolute atomic E-state index is 0.0262. The number of aromatic nitrogens is 7. The highest BCUT2D eigenvalue weighted by Crippen LogP contribution is 2.24. The number of tetrazole rings is 1. The molecule has 1 aromatic carbocycles. The number of fused-ring (bicyclic) bond motifs is 1. The maximum Gasteiger partial charge on any atom is 0.410 e. The molecule has 0 bridgehead atoms. The van der Waals surface area contributed by atoms with Gasteiger partial charge in [0.05, 0.1) is 11.2 Å². The Morgan fingerprint density at radius 3 is 2.65 bits per heavy atom. The summed E-state index contributed by atoms with van der Waals surface area (Å²) in [5.41, 5.74) is 1.37. The number of likely N-dealkylation sites (tertiary alicyclic amines) is 1. The van der Waals surface area contributed by atoms with E-state index in [-0.39, 0.29) is 12.2 Å². The Labute approximate surface area is 196 Å². The normalized spacial score (nSPS) is 15.0. The van der Waals surface area contributed by atoms with Crippen molar-refractivity contribution in [3.05, 3.63) is 49.2 Å². The number of amides is 1. The van der Waals surface area contributed by atoms with Gasteiger partial charge in [0.1, 0.15) is 30.2 Å². The van der Waals surface area contributed by atoms with E-state index in [1.807, 2.05) is 61.9 Å². The average molecular weight is 463 g/mol. The fourth-order valence-corrected chi connectivity index (χ4v) is 3.93. The molecule has 3 aromatic heterocycles. The molecule has 1 saturated heterocycles. The van der Waals surface area contributed by atoms with E-state index in [1.54, 1.807) is 15.9 Å². The van der Waals surface area contributed by atoms with Gasteiger partial charge in [-0.1, -0.05) is 0 Å². The molecule has 4 heterocycles. The number of ether oxygens (including phenoxy) is 2. The molecule has 0 atom stereocenters. The van der Waals surface area contributed by atoms with E-state index in [4.69, 9.17) is 9.47 Å². The minimum Gasteiger partial charge on any atom is -0.474 e. The maximum absolute atomic E-state index is 12.3. The van der Waals surface area contributed by atoms with Crippen molar-refractivity contribution >= 4 is 17.0 Å². The standard InChI is InChI=1S/C23H26N8O3/c1-23(2,3)34-22(32)29-9-7-18(8-10-29)33-21-13-20(24-14-25-21)30-11-6-16-12-17(4-5-19(16)30)31-15-26-27-28-31/h4-6,11-15,18H,7-10H2,1-3H3. The summed E-state index contributed by atoms with van der Waals surface area (Å²) in [6.45, 7) is 6.78. The van der Waals surface area contributed by atoms with E-state index < -0.39 is 5.60 Å². The Morgan fingerprint density at radius 2 is 1.91 bits per heavy atom. The molecule has 5 rings (SSSR count). The molecule has 34 heavy (non-hydrogen) atoms. The first kappa shape index (κ1) is 21.8. The molecule has 0 N–H and O–H groups in total. The number of benzene rings is 1. The van der Waals surface area contributed by atoms with Gasteiger partial charge in [0.15, 0.2) is 0 Å². The van der Waals surface area contributed by atoms with Gasteiger partial charge in [-0.05, 0) is 55.5 Å². The second kappa shape index (κ2) is 8.73. The molecule has 176 valence electrons. The molecular weight excluding hydrogens is 436 g/mol. The van der Waals surface area contributed by atoms with Gasteiger partial charge in [-0.2, -0.15) is 0 Å². The third-order valence-corrected chi connectivity index (χ3v) is 5.54. The van der Waals surface area contributed by atoms with Crippen LogP contribution < -0.4 is 4.74 Å². The van der Waals surface area contributed by atoms with Crippen molar-refractivity contribution in [2.24, 2.45) is 0 Å². The minimum atomic E-state index is -0.500. The molecule has 0 saturated carbocycles. The molecule has 0 radical (unpaired) electrons. The lowest BCUT2D eigenvalue weighted by Crippen LogP contribution is -2.44. The van der Waals surface area contributed by atoms with Crippen molar-refractivity contribution in [1.82, 2.24) is 39.6 Å². The molecule has 0 aliphatic carbocycles. The summed E-state index contributed by atoms with van der Waals surface area (Å²) in [5.74, 6) is 1.22. The third kappa shape index (κ3) is 4.68. The van der Waals surface area contributed by atoms with Crippen molar-refractivity contribution in [3.63, 3.8) is 0 Å². The maximum atomic E-state index is 12.3. The quantitative estimate of drug-likeness (QED) is 0.454. The van der Waals surface area contributed by atoms with Gasteiger partial charge in [0.25, 0.3) is 0 Å². The number of piperidine rings is 1. The van der Waals surface area contributed by atoms with E-state index in [0.29, 0.717) is 37.6 Å². The van der Waals surface area contributed by atoms with Crippen molar-refractivity contribution < 1.29 is 14.3 Å². The summed E-state index contributed by atoms with van der Waals surface area (Å²) in [6.07, 6.45) is 6.14. The van der Waals surface area contributed by atoms with Crippen LogP contribution in [-0.2, 0) is 4.74 Å². The van der Waals surface area contributed by atoms with Gasteiger partial charge < -0.3 is 18.9 Å².